The first-order chi connectivity index (χ1) is 6.65. The molecule has 0 radical (unpaired) electrons. The first-order valence-corrected chi connectivity index (χ1v) is 4.87. The third-order valence-electron chi connectivity index (χ3n) is 2.26. The summed E-state index contributed by atoms with van der Waals surface area (Å²) < 4.78 is 0. The van der Waals surface area contributed by atoms with Gasteiger partial charge in [0.25, 0.3) is 0 Å². The molecule has 0 bridgehead atoms. The molecule has 0 spiro atoms. The van der Waals surface area contributed by atoms with Gasteiger partial charge in [0.15, 0.2) is 5.49 Å². The predicted octanol–water partition coefficient (Wildman–Crippen LogP) is 1.14. The number of hydrogen-bond donors (Lipinski definition) is 0. The fraction of sp³-hybridized carbons (Fsp3) is 0.333. The standard InChI is InChI=1S/C12H14N2/c1-8-6-10(3)14-12-11(7-8)5-4-9(2)13-12/h4-7,10H,1-3H3. The molecule has 1 aromatic rings. The first kappa shape index (κ1) is 9.13. The molecule has 0 amide bonds. The minimum Gasteiger partial charge on any atom is -0.259 e. The van der Waals surface area contributed by atoms with Gasteiger partial charge in [0.05, 0.1) is 6.04 Å². The van der Waals surface area contributed by atoms with Crippen LogP contribution in [0.25, 0.3) is 6.08 Å². The fourth-order valence-electron chi connectivity index (χ4n) is 1.67. The van der Waals surface area contributed by atoms with Crippen molar-refractivity contribution in [3.63, 3.8) is 0 Å². The second-order valence-electron chi connectivity index (χ2n) is 3.79. The Labute approximate surface area is 83.7 Å². The molecule has 1 aliphatic rings. The van der Waals surface area contributed by atoms with Crippen molar-refractivity contribution in [3.05, 3.63) is 40.2 Å². The van der Waals surface area contributed by atoms with Crippen LogP contribution in [0.3, 0.4) is 0 Å². The van der Waals surface area contributed by atoms with Gasteiger partial charge in [0, 0.05) is 10.9 Å². The average molecular weight is 186 g/mol. The second-order valence-corrected chi connectivity index (χ2v) is 3.79. The Balaban J connectivity index is 2.76. The van der Waals surface area contributed by atoms with Crippen molar-refractivity contribution in [2.24, 2.45) is 4.99 Å². The molecule has 1 unspecified atom stereocenters. The highest BCUT2D eigenvalue weighted by molar-refractivity contribution is 5.45. The highest BCUT2D eigenvalue weighted by Crippen LogP contribution is 2.01. The van der Waals surface area contributed by atoms with E-state index in [2.05, 4.69) is 42.0 Å². The van der Waals surface area contributed by atoms with E-state index in [0.717, 1.165) is 16.4 Å². The lowest BCUT2D eigenvalue weighted by Crippen LogP contribution is -2.29. The predicted molar refractivity (Wildman–Crippen MR) is 57.4 cm³/mol. The van der Waals surface area contributed by atoms with Crippen LogP contribution < -0.4 is 10.7 Å². The van der Waals surface area contributed by atoms with Crippen LogP contribution in [0.15, 0.2) is 28.8 Å². The summed E-state index contributed by atoms with van der Waals surface area (Å²) >= 11 is 0. The molecule has 2 nitrogen and oxygen atoms in total. The maximum Gasteiger partial charge on any atom is 0.155 e. The molecule has 0 N–H and O–H groups in total. The summed E-state index contributed by atoms with van der Waals surface area (Å²) in [5, 5.41) is 1.12. The van der Waals surface area contributed by atoms with Crippen molar-refractivity contribution in [1.82, 2.24) is 4.98 Å². The number of hydrogen-bond acceptors (Lipinski definition) is 2. The molecule has 1 atom stereocenters. The van der Waals surface area contributed by atoms with Crippen molar-refractivity contribution in [3.8, 4) is 0 Å². The average Bonchev–Trinajstić information content (AvgIpc) is 2.21. The zero-order valence-corrected chi connectivity index (χ0v) is 8.78. The minimum atomic E-state index is 0.224. The van der Waals surface area contributed by atoms with E-state index >= 15 is 0 Å². The van der Waals surface area contributed by atoms with Crippen molar-refractivity contribution < 1.29 is 0 Å². The number of allylic oxidation sites excluding steroid dienone is 1. The van der Waals surface area contributed by atoms with E-state index in [-0.39, 0.29) is 6.04 Å². The van der Waals surface area contributed by atoms with Gasteiger partial charge in [0.2, 0.25) is 0 Å². The highest BCUT2D eigenvalue weighted by Gasteiger charge is 2.00. The van der Waals surface area contributed by atoms with Crippen LogP contribution in [0.4, 0.5) is 0 Å². The molecule has 0 aliphatic carbocycles. The second kappa shape index (κ2) is 3.37. The quantitative estimate of drug-likeness (QED) is 0.596. The van der Waals surface area contributed by atoms with Gasteiger partial charge in [-0.1, -0.05) is 11.6 Å². The minimum absolute atomic E-state index is 0.224. The number of pyridine rings is 1. The number of rotatable bonds is 0. The molecule has 72 valence electrons. The zero-order valence-electron chi connectivity index (χ0n) is 8.78. The largest absolute Gasteiger partial charge is 0.259 e. The van der Waals surface area contributed by atoms with Gasteiger partial charge in [-0.25, -0.2) is 4.98 Å². The van der Waals surface area contributed by atoms with Crippen LogP contribution in [0.5, 0.6) is 0 Å². The number of fused-ring (bicyclic) bond motifs is 1. The van der Waals surface area contributed by atoms with E-state index in [1.54, 1.807) is 0 Å². The molecule has 0 fully saturated rings. The number of aryl methyl sites for hydroxylation is 1. The van der Waals surface area contributed by atoms with Gasteiger partial charge >= 0.3 is 0 Å². The zero-order chi connectivity index (χ0) is 10.1. The number of nitrogens with zero attached hydrogens (tertiary/aromatic N) is 2. The summed E-state index contributed by atoms with van der Waals surface area (Å²) in [6.07, 6.45) is 4.28. The molecule has 0 saturated heterocycles. The lowest BCUT2D eigenvalue weighted by atomic mass is 10.2. The molecular weight excluding hydrogens is 172 g/mol. The highest BCUT2D eigenvalue weighted by atomic mass is 14.9. The van der Waals surface area contributed by atoms with E-state index in [1.165, 1.54) is 5.57 Å². The van der Waals surface area contributed by atoms with Crippen molar-refractivity contribution >= 4 is 6.08 Å². The normalized spacial score (nSPS) is 19.9. The lowest BCUT2D eigenvalue weighted by molar-refractivity contribution is 0.854. The van der Waals surface area contributed by atoms with E-state index in [1.807, 2.05) is 13.0 Å². The van der Waals surface area contributed by atoms with Crippen LogP contribution in [-0.2, 0) is 0 Å². The smallest absolute Gasteiger partial charge is 0.155 e. The molecule has 2 heterocycles. The maximum absolute atomic E-state index is 4.53. The van der Waals surface area contributed by atoms with Crippen molar-refractivity contribution in [1.29, 1.82) is 0 Å². The maximum atomic E-state index is 4.53. The van der Waals surface area contributed by atoms with E-state index < -0.39 is 0 Å². The third kappa shape index (κ3) is 1.74. The van der Waals surface area contributed by atoms with Gasteiger partial charge in [0.1, 0.15) is 0 Å². The Morgan fingerprint density at radius 3 is 2.79 bits per heavy atom. The fourth-order valence-corrected chi connectivity index (χ4v) is 1.67. The summed E-state index contributed by atoms with van der Waals surface area (Å²) in [5.41, 5.74) is 3.14. The summed E-state index contributed by atoms with van der Waals surface area (Å²) in [6.45, 7) is 6.17. The molecule has 0 aromatic carbocycles. The molecule has 2 heteroatoms. The Kier molecular flexibility index (Phi) is 2.20. The van der Waals surface area contributed by atoms with Crippen molar-refractivity contribution in [2.75, 3.05) is 0 Å². The molecule has 1 aromatic heterocycles. The Hall–Kier alpha value is -1.44. The third-order valence-corrected chi connectivity index (χ3v) is 2.26. The van der Waals surface area contributed by atoms with Gasteiger partial charge in [-0.05, 0) is 39.0 Å². The Bertz CT molecular complexity index is 498. The molecular formula is C12H14N2. The SMILES string of the molecule is CC1=CC(C)N=c2nc(C)ccc2=C1. The van der Waals surface area contributed by atoms with Crippen LogP contribution in [-0.4, -0.2) is 11.0 Å². The summed E-state index contributed by atoms with van der Waals surface area (Å²) in [7, 11) is 0. The molecule has 14 heavy (non-hydrogen) atoms. The van der Waals surface area contributed by atoms with Crippen molar-refractivity contribution in [2.45, 2.75) is 26.8 Å². The molecule has 2 rings (SSSR count). The topological polar surface area (TPSA) is 25.2 Å². The van der Waals surface area contributed by atoms with Crippen LogP contribution >= 0.6 is 0 Å². The molecule has 1 aliphatic heterocycles. The Morgan fingerprint density at radius 1 is 1.21 bits per heavy atom. The van der Waals surface area contributed by atoms with Gasteiger partial charge in [-0.2, -0.15) is 0 Å². The summed E-state index contributed by atoms with van der Waals surface area (Å²) in [6, 6.07) is 4.33. The van der Waals surface area contributed by atoms with Crippen LogP contribution in [0.1, 0.15) is 19.5 Å². The molecule has 0 saturated carbocycles. The van der Waals surface area contributed by atoms with Gasteiger partial charge in [-0.15, -0.1) is 0 Å². The van der Waals surface area contributed by atoms with Crippen LogP contribution in [0, 0.1) is 6.92 Å². The van der Waals surface area contributed by atoms with Gasteiger partial charge in [-0.3, -0.25) is 4.99 Å². The van der Waals surface area contributed by atoms with E-state index in [9.17, 15) is 0 Å². The van der Waals surface area contributed by atoms with Crippen LogP contribution in [0.2, 0.25) is 0 Å². The lowest BCUT2D eigenvalue weighted by Gasteiger charge is -1.96. The first-order valence-electron chi connectivity index (χ1n) is 4.87. The van der Waals surface area contributed by atoms with E-state index in [0.29, 0.717) is 0 Å². The number of aromatic nitrogens is 1. The summed E-state index contributed by atoms with van der Waals surface area (Å²) in [5.74, 6) is 0. The monoisotopic (exact) mass is 186 g/mol. The summed E-state index contributed by atoms with van der Waals surface area (Å²) in [4.78, 5) is 8.96. The van der Waals surface area contributed by atoms with Gasteiger partial charge < -0.3 is 0 Å². The van der Waals surface area contributed by atoms with E-state index in [4.69, 9.17) is 0 Å². The Morgan fingerprint density at radius 2 is 2.00 bits per heavy atom.